The molecule has 0 fully saturated rings. The van der Waals surface area contributed by atoms with Crippen molar-refractivity contribution in [3.63, 3.8) is 0 Å². The fourth-order valence-electron chi connectivity index (χ4n) is 1.52. The minimum absolute atomic E-state index is 0.0359. The van der Waals surface area contributed by atoms with Crippen molar-refractivity contribution in [3.05, 3.63) is 41.3 Å². The Bertz CT molecular complexity index is 810. The number of benzene rings is 1. The molecule has 0 atom stereocenters. The van der Waals surface area contributed by atoms with Gasteiger partial charge in [0, 0.05) is 11.8 Å². The smallest absolute Gasteiger partial charge is 0.337 e. The topological polar surface area (TPSA) is 135 Å². The number of carbonyl (C=O) groups is 1. The number of anilines is 2. The van der Waals surface area contributed by atoms with Crippen LogP contribution in [0.15, 0.2) is 35.5 Å². The van der Waals surface area contributed by atoms with Crippen LogP contribution in [0.1, 0.15) is 10.4 Å². The zero-order valence-corrected chi connectivity index (χ0v) is 11.9. The van der Waals surface area contributed by atoms with Gasteiger partial charge in [-0.05, 0) is 18.2 Å². The van der Waals surface area contributed by atoms with Gasteiger partial charge in [0.2, 0.25) is 0 Å². The van der Waals surface area contributed by atoms with Gasteiger partial charge < -0.3 is 10.8 Å². The molecule has 0 bridgehead atoms. The average molecular weight is 329 g/mol. The van der Waals surface area contributed by atoms with E-state index < -0.39 is 26.5 Å². The number of hydrogen-bond acceptors (Lipinski definition) is 6. The molecule has 8 nitrogen and oxygen atoms in total. The number of carboxylic acid groups (broad SMARTS) is 1. The van der Waals surface area contributed by atoms with Crippen molar-refractivity contribution >= 4 is 39.1 Å². The van der Waals surface area contributed by atoms with Gasteiger partial charge in [-0.3, -0.25) is 4.72 Å². The highest BCUT2D eigenvalue weighted by Crippen LogP contribution is 2.22. The Hall–Kier alpha value is -2.39. The SMILES string of the molecule is Nc1ccc(C(=O)O)c(S(=O)(=O)Nc2cc(Cl)ncn2)c1. The monoisotopic (exact) mass is 328 g/mol. The predicted molar refractivity (Wildman–Crippen MR) is 75.7 cm³/mol. The van der Waals surface area contributed by atoms with E-state index >= 15 is 0 Å². The number of sulfonamides is 1. The van der Waals surface area contributed by atoms with E-state index in [0.29, 0.717) is 0 Å². The third-order valence-corrected chi connectivity index (χ3v) is 4.00. The normalized spacial score (nSPS) is 11.1. The summed E-state index contributed by atoms with van der Waals surface area (Å²) in [6.07, 6.45) is 1.07. The number of halogens is 1. The molecule has 1 aromatic carbocycles. The molecule has 10 heteroatoms. The molecule has 110 valence electrons. The van der Waals surface area contributed by atoms with Crippen LogP contribution in [-0.2, 0) is 10.0 Å². The molecule has 0 aliphatic heterocycles. The predicted octanol–water partition coefficient (Wildman–Crippen LogP) is 1.21. The average Bonchev–Trinajstić information content (AvgIpc) is 2.37. The minimum atomic E-state index is -4.19. The molecular weight excluding hydrogens is 320 g/mol. The summed E-state index contributed by atoms with van der Waals surface area (Å²) >= 11 is 5.63. The number of nitrogens with zero attached hydrogens (tertiary/aromatic N) is 2. The maximum Gasteiger partial charge on any atom is 0.337 e. The Morgan fingerprint density at radius 3 is 2.62 bits per heavy atom. The van der Waals surface area contributed by atoms with Crippen LogP contribution in [0, 0.1) is 0 Å². The van der Waals surface area contributed by atoms with Crippen molar-refractivity contribution in [2.24, 2.45) is 0 Å². The fourth-order valence-corrected chi connectivity index (χ4v) is 2.90. The van der Waals surface area contributed by atoms with Gasteiger partial charge in [-0.25, -0.2) is 23.2 Å². The summed E-state index contributed by atoms with van der Waals surface area (Å²) in [5, 5.41) is 9.09. The van der Waals surface area contributed by atoms with E-state index in [-0.39, 0.29) is 16.7 Å². The van der Waals surface area contributed by atoms with E-state index in [1.54, 1.807) is 0 Å². The lowest BCUT2D eigenvalue weighted by Gasteiger charge is -2.10. The first kappa shape index (κ1) is 15.0. The van der Waals surface area contributed by atoms with Crippen molar-refractivity contribution < 1.29 is 18.3 Å². The number of nitrogens with one attached hydrogen (secondary N) is 1. The second kappa shape index (κ2) is 5.54. The molecule has 0 saturated carbocycles. The highest BCUT2D eigenvalue weighted by molar-refractivity contribution is 7.92. The Balaban J connectivity index is 2.49. The molecule has 0 aliphatic carbocycles. The van der Waals surface area contributed by atoms with Crippen molar-refractivity contribution in [2.75, 3.05) is 10.5 Å². The van der Waals surface area contributed by atoms with Crippen LogP contribution in [0.4, 0.5) is 11.5 Å². The van der Waals surface area contributed by atoms with Crippen LogP contribution in [-0.4, -0.2) is 29.5 Å². The maximum absolute atomic E-state index is 12.3. The number of nitrogens with two attached hydrogens (primary N) is 1. The molecule has 0 amide bonds. The minimum Gasteiger partial charge on any atom is -0.478 e. The highest BCUT2D eigenvalue weighted by Gasteiger charge is 2.23. The Labute approximate surface area is 124 Å². The molecular formula is C11H9ClN4O4S. The van der Waals surface area contributed by atoms with Crippen LogP contribution in [0.2, 0.25) is 5.15 Å². The second-order valence-corrected chi connectivity index (χ2v) is 5.93. The summed E-state index contributed by atoms with van der Waals surface area (Å²) in [4.78, 5) is 17.9. The summed E-state index contributed by atoms with van der Waals surface area (Å²) in [6, 6.07) is 4.64. The first-order valence-corrected chi connectivity index (χ1v) is 7.29. The van der Waals surface area contributed by atoms with Gasteiger partial charge in [-0.15, -0.1) is 0 Å². The second-order valence-electron chi connectivity index (χ2n) is 3.89. The third kappa shape index (κ3) is 3.38. The maximum atomic E-state index is 12.3. The summed E-state index contributed by atoms with van der Waals surface area (Å²) in [5.41, 5.74) is 5.22. The molecule has 1 aromatic heterocycles. The van der Waals surface area contributed by atoms with E-state index in [1.165, 1.54) is 12.1 Å². The number of hydrogen-bond donors (Lipinski definition) is 3. The standard InChI is InChI=1S/C11H9ClN4O4S/c12-9-4-10(15-5-14-9)16-21(19,20)8-3-6(13)1-2-7(8)11(17)18/h1-5H,13H2,(H,17,18)(H,14,15,16). The van der Waals surface area contributed by atoms with Crippen molar-refractivity contribution in [2.45, 2.75) is 4.90 Å². The van der Waals surface area contributed by atoms with Crippen molar-refractivity contribution in [3.8, 4) is 0 Å². The lowest BCUT2D eigenvalue weighted by atomic mass is 10.2. The number of aromatic nitrogens is 2. The highest BCUT2D eigenvalue weighted by atomic mass is 35.5. The lowest BCUT2D eigenvalue weighted by molar-refractivity contribution is 0.0692. The quantitative estimate of drug-likeness (QED) is 0.567. The van der Waals surface area contributed by atoms with Gasteiger partial charge in [0.25, 0.3) is 10.0 Å². The zero-order valence-electron chi connectivity index (χ0n) is 10.3. The molecule has 2 aromatic rings. The van der Waals surface area contributed by atoms with Gasteiger partial charge in [0.05, 0.1) is 5.56 Å². The number of carboxylic acids is 1. The molecule has 0 unspecified atom stereocenters. The fraction of sp³-hybridized carbons (Fsp3) is 0. The van der Waals surface area contributed by atoms with Gasteiger partial charge in [0.15, 0.2) is 0 Å². The molecule has 4 N–H and O–H groups in total. The summed E-state index contributed by atoms with van der Waals surface area (Å²) < 4.78 is 26.6. The zero-order chi connectivity index (χ0) is 15.6. The van der Waals surface area contributed by atoms with Gasteiger partial charge in [0.1, 0.15) is 22.2 Å². The van der Waals surface area contributed by atoms with Crippen LogP contribution in [0.25, 0.3) is 0 Å². The number of rotatable bonds is 4. The lowest BCUT2D eigenvalue weighted by Crippen LogP contribution is -2.18. The molecule has 0 spiro atoms. The Morgan fingerprint density at radius 2 is 2.00 bits per heavy atom. The first-order valence-electron chi connectivity index (χ1n) is 5.43. The first-order chi connectivity index (χ1) is 9.79. The van der Waals surface area contributed by atoms with Crippen LogP contribution in [0.5, 0.6) is 0 Å². The van der Waals surface area contributed by atoms with Crippen LogP contribution in [0.3, 0.4) is 0 Å². The largest absolute Gasteiger partial charge is 0.478 e. The van der Waals surface area contributed by atoms with Crippen molar-refractivity contribution in [1.82, 2.24) is 9.97 Å². The molecule has 0 aliphatic rings. The third-order valence-electron chi connectivity index (χ3n) is 2.40. The summed E-state index contributed by atoms with van der Waals surface area (Å²) in [5.74, 6) is -1.48. The van der Waals surface area contributed by atoms with E-state index in [0.717, 1.165) is 18.5 Å². The van der Waals surface area contributed by atoms with Gasteiger partial charge in [-0.1, -0.05) is 11.6 Å². The molecule has 21 heavy (non-hydrogen) atoms. The number of nitrogen functional groups attached to an aromatic ring is 1. The molecule has 2 rings (SSSR count). The summed E-state index contributed by atoms with van der Waals surface area (Å²) in [6.45, 7) is 0. The molecule has 0 saturated heterocycles. The van der Waals surface area contributed by atoms with E-state index in [2.05, 4.69) is 14.7 Å². The molecule has 0 radical (unpaired) electrons. The molecule has 1 heterocycles. The number of aromatic carboxylic acids is 1. The van der Waals surface area contributed by atoms with Crippen LogP contribution >= 0.6 is 11.6 Å². The van der Waals surface area contributed by atoms with Crippen molar-refractivity contribution in [1.29, 1.82) is 0 Å². The Morgan fingerprint density at radius 1 is 1.29 bits per heavy atom. The van der Waals surface area contributed by atoms with Gasteiger partial charge >= 0.3 is 5.97 Å². The van der Waals surface area contributed by atoms with E-state index in [4.69, 9.17) is 22.4 Å². The van der Waals surface area contributed by atoms with E-state index in [9.17, 15) is 13.2 Å². The van der Waals surface area contributed by atoms with Crippen LogP contribution < -0.4 is 10.5 Å². The summed E-state index contributed by atoms with van der Waals surface area (Å²) in [7, 11) is -4.19. The van der Waals surface area contributed by atoms with E-state index in [1.807, 2.05) is 0 Å². The Kier molecular flexibility index (Phi) is 3.96. The van der Waals surface area contributed by atoms with Gasteiger partial charge in [-0.2, -0.15) is 0 Å².